The number of halogens is 1. The Morgan fingerprint density at radius 3 is 2.44 bits per heavy atom. The molecule has 5 rings (SSSR count). The molecule has 3 fully saturated rings. The first-order valence-electron chi connectivity index (χ1n) is 17.8. The van der Waals surface area contributed by atoms with Crippen LogP contribution in [0.25, 0.3) is 0 Å². The van der Waals surface area contributed by atoms with Crippen LogP contribution in [0.1, 0.15) is 107 Å². The maximum atomic E-state index is 18.7. The molecule has 1 N–H and O–H groups in total. The Morgan fingerprint density at radius 1 is 1.06 bits per heavy atom. The van der Waals surface area contributed by atoms with E-state index in [1.807, 2.05) is 91.8 Å². The van der Waals surface area contributed by atoms with Crippen LogP contribution in [0.5, 0.6) is 0 Å². The summed E-state index contributed by atoms with van der Waals surface area (Å²) in [5.41, 5.74) is -1.96. The van der Waals surface area contributed by atoms with Crippen molar-refractivity contribution >= 4 is 17.5 Å². The summed E-state index contributed by atoms with van der Waals surface area (Å²) >= 11 is 0. The van der Waals surface area contributed by atoms with Crippen molar-refractivity contribution in [3.05, 3.63) is 82.5 Å². The molecule has 0 heterocycles. The summed E-state index contributed by atoms with van der Waals surface area (Å²) in [4.78, 5) is 40.4. The van der Waals surface area contributed by atoms with Gasteiger partial charge in [-0.1, -0.05) is 78.7 Å². The summed E-state index contributed by atoms with van der Waals surface area (Å²) in [6.07, 6.45) is 19.3. The highest BCUT2D eigenvalue weighted by Crippen LogP contribution is 2.71. The predicted octanol–water partition coefficient (Wildman–Crippen LogP) is 9.01. The van der Waals surface area contributed by atoms with Crippen molar-refractivity contribution < 1.29 is 28.6 Å². The number of aliphatic hydroxyl groups is 1. The molecule has 0 aromatic heterocycles. The van der Waals surface area contributed by atoms with Crippen molar-refractivity contribution in [1.82, 2.24) is 0 Å². The minimum absolute atomic E-state index is 0.0191. The van der Waals surface area contributed by atoms with Gasteiger partial charge in [-0.05, 0) is 123 Å². The van der Waals surface area contributed by atoms with Crippen LogP contribution in [0.2, 0.25) is 0 Å². The molecule has 0 saturated heterocycles. The highest BCUT2D eigenvalue weighted by atomic mass is 19.1. The van der Waals surface area contributed by atoms with Gasteiger partial charge in [0.05, 0.1) is 5.41 Å². The number of Topliss-reactive ketones (excluding diaryl/α,β-unsaturated/α-hetero) is 1. The number of hydrogen-bond donors (Lipinski definition) is 1. The molecule has 260 valence electrons. The summed E-state index contributed by atoms with van der Waals surface area (Å²) in [7, 11) is 0. The maximum absolute atomic E-state index is 18.7. The van der Waals surface area contributed by atoms with E-state index < -0.39 is 45.5 Å². The number of ether oxygens (including phenoxy) is 1. The number of ketones is 2. The quantitative estimate of drug-likeness (QED) is 0.218. The largest absolute Gasteiger partial charge is 0.458 e. The van der Waals surface area contributed by atoms with E-state index in [1.54, 1.807) is 12.2 Å². The SMILES string of the molecule is CC=C(C)C=CC=C(C)C=CC1=C(C)CCCC1(C)C(=O)O[C@H]1C[C@@]2(C)[C@@H](C[C@@H](C)[C@]2(O)C(C)=O)[C@@H]2CCC3=CC(=O)C=C[C@]3(C)[C@@]12F. The van der Waals surface area contributed by atoms with Crippen molar-refractivity contribution in [2.24, 2.45) is 34.0 Å². The van der Waals surface area contributed by atoms with Crippen molar-refractivity contribution in [2.75, 3.05) is 0 Å². The Morgan fingerprint density at radius 2 is 1.77 bits per heavy atom. The van der Waals surface area contributed by atoms with Crippen molar-refractivity contribution in [3.8, 4) is 0 Å². The van der Waals surface area contributed by atoms with Crippen LogP contribution >= 0.6 is 0 Å². The molecule has 5 aliphatic rings. The number of carbonyl (C=O) groups is 3. The van der Waals surface area contributed by atoms with E-state index in [9.17, 15) is 19.5 Å². The van der Waals surface area contributed by atoms with Crippen LogP contribution < -0.4 is 0 Å². The van der Waals surface area contributed by atoms with E-state index in [-0.39, 0.29) is 29.8 Å². The molecular formula is C42H55FO5. The number of rotatable bonds is 7. The summed E-state index contributed by atoms with van der Waals surface area (Å²) in [5.74, 6) is -2.22. The summed E-state index contributed by atoms with van der Waals surface area (Å²) in [6, 6.07) is 0. The van der Waals surface area contributed by atoms with E-state index in [1.165, 1.54) is 18.6 Å². The maximum Gasteiger partial charge on any atom is 0.316 e. The normalized spacial score (nSPS) is 41.7. The van der Waals surface area contributed by atoms with Crippen LogP contribution in [-0.2, 0) is 19.1 Å². The lowest BCUT2D eigenvalue weighted by Gasteiger charge is -2.63. The van der Waals surface area contributed by atoms with Gasteiger partial charge in [-0.3, -0.25) is 14.4 Å². The van der Waals surface area contributed by atoms with Crippen molar-refractivity contribution in [3.63, 3.8) is 0 Å². The highest BCUT2D eigenvalue weighted by molar-refractivity contribution is 6.01. The van der Waals surface area contributed by atoms with Gasteiger partial charge in [0.2, 0.25) is 0 Å². The van der Waals surface area contributed by atoms with Gasteiger partial charge in [0.1, 0.15) is 11.7 Å². The average Bonchev–Trinajstić information content (AvgIpc) is 3.23. The van der Waals surface area contributed by atoms with Crippen molar-refractivity contribution in [2.45, 2.75) is 125 Å². The molecule has 0 aromatic carbocycles. The van der Waals surface area contributed by atoms with Crippen LogP contribution in [0.3, 0.4) is 0 Å². The monoisotopic (exact) mass is 658 g/mol. The lowest BCUT2D eigenvalue weighted by molar-refractivity contribution is -0.232. The fraction of sp³-hybridized carbons (Fsp3) is 0.595. The first-order chi connectivity index (χ1) is 22.4. The molecule has 0 spiro atoms. The Labute approximate surface area is 286 Å². The van der Waals surface area contributed by atoms with Gasteiger partial charge in [-0.25, -0.2) is 4.39 Å². The lowest BCUT2D eigenvalue weighted by Crippen LogP contribution is -2.70. The number of hydrogen-bond acceptors (Lipinski definition) is 5. The molecule has 3 saturated carbocycles. The topological polar surface area (TPSA) is 80.7 Å². The molecule has 6 heteroatoms. The standard InChI is InChI=1S/C42H55FO5/c1-10-26(2)13-11-14-27(3)16-18-33-28(4)15-12-21-38(33,7)37(46)48-36-25-40(9)35(23-29(5)42(40,47)30(6)44)34-19-17-31-24-32(45)20-22-39(31,8)41(34,36)43/h10-11,13-14,16,18,20,22,24,29,34-36,47H,12,15,17,19,21,23,25H2,1-9H3/t29-,34+,35+,36+,38?,39+,40+,41+,42+/m1/s1. The van der Waals surface area contributed by atoms with E-state index >= 15 is 4.39 Å². The number of fused-ring (bicyclic) bond motifs is 5. The smallest absolute Gasteiger partial charge is 0.316 e. The third kappa shape index (κ3) is 5.32. The predicted molar refractivity (Wildman–Crippen MR) is 189 cm³/mol. The van der Waals surface area contributed by atoms with Crippen molar-refractivity contribution in [1.29, 1.82) is 0 Å². The number of esters is 1. The van der Waals surface area contributed by atoms with Crippen LogP contribution in [0, 0.1) is 34.0 Å². The van der Waals surface area contributed by atoms with Gasteiger partial charge in [-0.15, -0.1) is 0 Å². The molecule has 5 aliphatic carbocycles. The molecular weight excluding hydrogens is 603 g/mol. The molecule has 0 aromatic rings. The molecule has 9 atom stereocenters. The second-order valence-corrected chi connectivity index (χ2v) is 16.1. The van der Waals surface area contributed by atoms with E-state index in [0.29, 0.717) is 25.7 Å². The van der Waals surface area contributed by atoms with E-state index in [4.69, 9.17) is 4.74 Å². The van der Waals surface area contributed by atoms with Gasteiger partial charge in [-0.2, -0.15) is 0 Å². The summed E-state index contributed by atoms with van der Waals surface area (Å²) in [6.45, 7) is 17.0. The first-order valence-corrected chi connectivity index (χ1v) is 17.8. The zero-order valence-electron chi connectivity index (χ0n) is 30.4. The Kier molecular flexibility index (Phi) is 9.53. The molecule has 0 aliphatic heterocycles. The fourth-order valence-electron chi connectivity index (χ4n) is 10.4. The summed E-state index contributed by atoms with van der Waals surface area (Å²) in [5, 5.41) is 12.1. The molecule has 48 heavy (non-hydrogen) atoms. The first kappa shape index (κ1) is 36.2. The van der Waals surface area contributed by atoms with Crippen LogP contribution in [0.15, 0.2) is 82.5 Å². The minimum Gasteiger partial charge on any atom is -0.458 e. The Bertz CT molecular complexity index is 1600. The van der Waals surface area contributed by atoms with Crippen LogP contribution in [-0.4, -0.2) is 40.0 Å². The van der Waals surface area contributed by atoms with Gasteiger partial charge in [0.25, 0.3) is 0 Å². The highest BCUT2D eigenvalue weighted by Gasteiger charge is 2.76. The van der Waals surface area contributed by atoms with E-state index in [2.05, 4.69) is 0 Å². The molecule has 0 bridgehead atoms. The number of alkyl halides is 1. The second-order valence-electron chi connectivity index (χ2n) is 16.1. The Balaban J connectivity index is 1.56. The number of allylic oxidation sites excluding steroid dienone is 13. The van der Waals surface area contributed by atoms with Gasteiger partial charge < -0.3 is 9.84 Å². The van der Waals surface area contributed by atoms with Crippen LogP contribution in [0.4, 0.5) is 4.39 Å². The Hall–Kier alpha value is -3.12. The molecule has 5 nitrogen and oxygen atoms in total. The average molecular weight is 659 g/mol. The third-order valence-corrected chi connectivity index (χ3v) is 13.4. The molecule has 0 radical (unpaired) electrons. The lowest BCUT2D eigenvalue weighted by atomic mass is 9.44. The summed E-state index contributed by atoms with van der Waals surface area (Å²) < 4.78 is 25.2. The second kappa shape index (κ2) is 12.6. The zero-order chi connectivity index (χ0) is 35.4. The van der Waals surface area contributed by atoms with Gasteiger partial charge >= 0.3 is 5.97 Å². The fourth-order valence-corrected chi connectivity index (χ4v) is 10.4. The number of carbonyl (C=O) groups excluding carboxylic acids is 3. The third-order valence-electron chi connectivity index (χ3n) is 13.4. The van der Waals surface area contributed by atoms with E-state index in [0.717, 1.165) is 35.1 Å². The minimum atomic E-state index is -2.04. The van der Waals surface area contributed by atoms with Gasteiger partial charge in [0.15, 0.2) is 17.2 Å². The molecule has 1 unspecified atom stereocenters. The van der Waals surface area contributed by atoms with Gasteiger partial charge in [0, 0.05) is 16.7 Å². The zero-order valence-corrected chi connectivity index (χ0v) is 30.4. The molecule has 0 amide bonds.